The van der Waals surface area contributed by atoms with E-state index in [9.17, 15) is 0 Å². The zero-order valence-electron chi connectivity index (χ0n) is 11.4. The molecule has 0 spiro atoms. The molecule has 0 bridgehead atoms. The zero-order valence-corrected chi connectivity index (χ0v) is 12.1. The summed E-state index contributed by atoms with van der Waals surface area (Å²) in [6.07, 6.45) is 2.88. The first-order valence-corrected chi connectivity index (χ1v) is 7.20. The molecule has 5 heteroatoms. The molecule has 2 unspecified atom stereocenters. The van der Waals surface area contributed by atoms with Crippen molar-refractivity contribution < 1.29 is 0 Å². The molecule has 0 saturated carbocycles. The number of hydrogen-bond acceptors (Lipinski definition) is 4. The summed E-state index contributed by atoms with van der Waals surface area (Å²) in [5.74, 6) is 1.30. The molecular weight excluding hydrogens is 248 g/mol. The molecular formula is C13H21ClN4. The Morgan fingerprint density at radius 1 is 1.22 bits per heavy atom. The maximum atomic E-state index is 6.33. The Hall–Kier alpha value is -0.900. The Morgan fingerprint density at radius 2 is 1.94 bits per heavy atom. The quantitative estimate of drug-likeness (QED) is 0.790. The van der Waals surface area contributed by atoms with E-state index >= 15 is 0 Å². The molecule has 1 aromatic heterocycles. The lowest BCUT2D eigenvalue weighted by Crippen LogP contribution is -2.41. The van der Waals surface area contributed by atoms with Gasteiger partial charge in [0.2, 0.25) is 5.95 Å². The summed E-state index contributed by atoms with van der Waals surface area (Å²) in [7, 11) is 0. The maximum absolute atomic E-state index is 6.33. The highest BCUT2D eigenvalue weighted by Crippen LogP contribution is 2.24. The molecule has 0 radical (unpaired) electrons. The van der Waals surface area contributed by atoms with Crippen molar-refractivity contribution in [1.82, 2.24) is 15.2 Å². The monoisotopic (exact) mass is 268 g/mol. The van der Waals surface area contributed by atoms with Crippen LogP contribution in [0.25, 0.3) is 0 Å². The van der Waals surface area contributed by atoms with Gasteiger partial charge in [-0.05, 0) is 25.2 Å². The third-order valence-electron chi connectivity index (χ3n) is 3.65. The normalized spacial score (nSPS) is 24.3. The third kappa shape index (κ3) is 2.74. The van der Waals surface area contributed by atoms with Gasteiger partial charge in [-0.15, -0.1) is 16.7 Å². The molecule has 18 heavy (non-hydrogen) atoms. The van der Waals surface area contributed by atoms with Crippen molar-refractivity contribution in [2.75, 3.05) is 18.0 Å². The Kier molecular flexibility index (Phi) is 4.38. The van der Waals surface area contributed by atoms with Gasteiger partial charge in [-0.2, -0.15) is 5.10 Å². The van der Waals surface area contributed by atoms with Gasteiger partial charge in [0.25, 0.3) is 0 Å². The minimum atomic E-state index is 0.179. The van der Waals surface area contributed by atoms with Crippen LogP contribution in [0.2, 0.25) is 0 Å². The van der Waals surface area contributed by atoms with E-state index in [0.29, 0.717) is 5.92 Å². The molecule has 4 nitrogen and oxygen atoms in total. The van der Waals surface area contributed by atoms with Crippen LogP contribution in [0.5, 0.6) is 0 Å². The van der Waals surface area contributed by atoms with E-state index in [1.807, 2.05) is 0 Å². The second-order valence-corrected chi connectivity index (χ2v) is 5.50. The van der Waals surface area contributed by atoms with Crippen LogP contribution in [0.3, 0.4) is 0 Å². The fourth-order valence-corrected chi connectivity index (χ4v) is 2.56. The van der Waals surface area contributed by atoms with Crippen LogP contribution in [0.4, 0.5) is 5.95 Å². The Labute approximate surface area is 114 Å². The lowest BCUT2D eigenvalue weighted by molar-refractivity contribution is 0.440. The SMILES string of the molecule is CCc1nnc(N2CCC(C)C(Cl)C2)nc1CC. The first kappa shape index (κ1) is 13.5. The Bertz CT molecular complexity index is 410. The van der Waals surface area contributed by atoms with Crippen LogP contribution < -0.4 is 4.90 Å². The minimum absolute atomic E-state index is 0.179. The summed E-state index contributed by atoms with van der Waals surface area (Å²) in [6, 6.07) is 0. The van der Waals surface area contributed by atoms with Crippen molar-refractivity contribution in [1.29, 1.82) is 0 Å². The van der Waals surface area contributed by atoms with Crippen molar-refractivity contribution in [2.24, 2.45) is 5.92 Å². The van der Waals surface area contributed by atoms with Crippen LogP contribution in [0, 0.1) is 5.92 Å². The molecule has 1 aromatic rings. The Balaban J connectivity index is 2.18. The lowest BCUT2D eigenvalue weighted by Gasteiger charge is -2.33. The number of nitrogens with zero attached hydrogens (tertiary/aromatic N) is 4. The van der Waals surface area contributed by atoms with Crippen LogP contribution in [0.1, 0.15) is 38.6 Å². The van der Waals surface area contributed by atoms with Gasteiger partial charge in [0.1, 0.15) is 0 Å². The summed E-state index contributed by atoms with van der Waals surface area (Å²) in [5.41, 5.74) is 2.07. The van der Waals surface area contributed by atoms with E-state index in [0.717, 1.165) is 49.7 Å². The van der Waals surface area contributed by atoms with Gasteiger partial charge in [0.05, 0.1) is 16.8 Å². The van der Waals surface area contributed by atoms with Crippen molar-refractivity contribution in [3.05, 3.63) is 11.4 Å². The molecule has 0 aromatic carbocycles. The van der Waals surface area contributed by atoms with E-state index in [2.05, 4.69) is 40.9 Å². The standard InChI is InChI=1S/C13H21ClN4/c1-4-11-12(5-2)16-17-13(15-11)18-7-6-9(3)10(14)8-18/h9-10H,4-8H2,1-3H3. The van der Waals surface area contributed by atoms with E-state index in [1.165, 1.54) is 0 Å². The largest absolute Gasteiger partial charge is 0.338 e. The first-order valence-electron chi connectivity index (χ1n) is 6.77. The maximum Gasteiger partial charge on any atom is 0.245 e. The summed E-state index contributed by atoms with van der Waals surface area (Å²) < 4.78 is 0. The molecule has 1 aliphatic rings. The number of alkyl halides is 1. The van der Waals surface area contributed by atoms with Crippen molar-refractivity contribution in [3.63, 3.8) is 0 Å². The number of rotatable bonds is 3. The molecule has 2 rings (SSSR count). The average molecular weight is 269 g/mol. The Morgan fingerprint density at radius 3 is 2.56 bits per heavy atom. The average Bonchev–Trinajstić information content (AvgIpc) is 2.41. The van der Waals surface area contributed by atoms with E-state index in [-0.39, 0.29) is 5.38 Å². The smallest absolute Gasteiger partial charge is 0.245 e. The zero-order chi connectivity index (χ0) is 13.1. The predicted molar refractivity (Wildman–Crippen MR) is 74.2 cm³/mol. The number of piperidine rings is 1. The summed E-state index contributed by atoms with van der Waals surface area (Å²) >= 11 is 6.33. The first-order chi connectivity index (χ1) is 8.65. The highest BCUT2D eigenvalue weighted by atomic mass is 35.5. The summed E-state index contributed by atoms with van der Waals surface area (Å²) in [5, 5.41) is 8.72. The number of hydrogen-bond donors (Lipinski definition) is 0. The van der Waals surface area contributed by atoms with Gasteiger partial charge >= 0.3 is 0 Å². The molecule has 0 amide bonds. The topological polar surface area (TPSA) is 41.9 Å². The number of halogens is 1. The number of aryl methyl sites for hydroxylation is 2. The van der Waals surface area contributed by atoms with E-state index in [4.69, 9.17) is 11.6 Å². The van der Waals surface area contributed by atoms with Crippen molar-refractivity contribution in [2.45, 2.75) is 45.4 Å². The minimum Gasteiger partial charge on any atom is -0.338 e. The lowest BCUT2D eigenvalue weighted by atomic mass is 9.99. The molecule has 1 fully saturated rings. The van der Waals surface area contributed by atoms with E-state index < -0.39 is 0 Å². The van der Waals surface area contributed by atoms with E-state index in [1.54, 1.807) is 0 Å². The number of aromatic nitrogens is 3. The molecule has 2 atom stereocenters. The van der Waals surface area contributed by atoms with Gasteiger partial charge in [-0.25, -0.2) is 4.98 Å². The molecule has 0 aliphatic carbocycles. The van der Waals surface area contributed by atoms with Gasteiger partial charge in [-0.3, -0.25) is 0 Å². The molecule has 2 heterocycles. The second-order valence-electron chi connectivity index (χ2n) is 4.94. The molecule has 1 aliphatic heterocycles. The van der Waals surface area contributed by atoms with Crippen LogP contribution in [-0.2, 0) is 12.8 Å². The van der Waals surface area contributed by atoms with Gasteiger partial charge in [0.15, 0.2) is 0 Å². The van der Waals surface area contributed by atoms with Crippen LogP contribution in [0.15, 0.2) is 0 Å². The number of anilines is 1. The third-order valence-corrected chi connectivity index (χ3v) is 4.22. The predicted octanol–water partition coefficient (Wildman–Crippen LogP) is 2.45. The van der Waals surface area contributed by atoms with Gasteiger partial charge in [0, 0.05) is 13.1 Å². The summed E-state index contributed by atoms with van der Waals surface area (Å²) in [4.78, 5) is 6.79. The fraction of sp³-hybridized carbons (Fsp3) is 0.769. The highest BCUT2D eigenvalue weighted by Gasteiger charge is 2.26. The van der Waals surface area contributed by atoms with Crippen LogP contribution in [-0.4, -0.2) is 33.6 Å². The molecule has 0 N–H and O–H groups in total. The van der Waals surface area contributed by atoms with Gasteiger partial charge < -0.3 is 4.90 Å². The molecule has 1 saturated heterocycles. The second kappa shape index (κ2) is 5.83. The summed E-state index contributed by atoms with van der Waals surface area (Å²) in [6.45, 7) is 8.18. The van der Waals surface area contributed by atoms with Crippen LogP contribution >= 0.6 is 11.6 Å². The van der Waals surface area contributed by atoms with Crippen molar-refractivity contribution in [3.8, 4) is 0 Å². The highest BCUT2D eigenvalue weighted by molar-refractivity contribution is 6.21. The molecule has 100 valence electrons. The van der Waals surface area contributed by atoms with Gasteiger partial charge in [-0.1, -0.05) is 20.8 Å². The fourth-order valence-electron chi connectivity index (χ4n) is 2.27. The van der Waals surface area contributed by atoms with Crippen molar-refractivity contribution >= 4 is 17.5 Å².